The van der Waals surface area contributed by atoms with Crippen LogP contribution in [0.15, 0.2) is 11.7 Å². The van der Waals surface area contributed by atoms with Crippen LogP contribution < -0.4 is 5.32 Å². The van der Waals surface area contributed by atoms with Gasteiger partial charge in [-0.15, -0.1) is 11.3 Å². The second-order valence-corrected chi connectivity index (χ2v) is 6.12. The van der Waals surface area contributed by atoms with Crippen molar-refractivity contribution in [2.75, 3.05) is 26.3 Å². The minimum Gasteiger partial charge on any atom is -0.389 e. The SMILES string of the molecule is O=C(N[C@@H]1CC[C@@H](N2CCOCC2)[C@@H]1O)c1cncs1. The summed E-state index contributed by atoms with van der Waals surface area (Å²) in [6, 6.07) is -0.0388. The summed E-state index contributed by atoms with van der Waals surface area (Å²) in [6.45, 7) is 3.16. The van der Waals surface area contributed by atoms with Gasteiger partial charge in [0.05, 0.1) is 37.1 Å². The number of amides is 1. The molecular weight excluding hydrogens is 278 g/mol. The van der Waals surface area contributed by atoms with Gasteiger partial charge >= 0.3 is 0 Å². The van der Waals surface area contributed by atoms with E-state index < -0.39 is 6.10 Å². The van der Waals surface area contributed by atoms with Crippen LogP contribution in [0.5, 0.6) is 0 Å². The van der Waals surface area contributed by atoms with Crippen molar-refractivity contribution in [3.8, 4) is 0 Å². The van der Waals surface area contributed by atoms with Crippen LogP contribution in [0.3, 0.4) is 0 Å². The van der Waals surface area contributed by atoms with Crippen LogP contribution in [0, 0.1) is 0 Å². The molecule has 0 unspecified atom stereocenters. The lowest BCUT2D eigenvalue weighted by Crippen LogP contribution is -2.51. The molecule has 1 saturated carbocycles. The summed E-state index contributed by atoms with van der Waals surface area (Å²) in [4.78, 5) is 18.8. The monoisotopic (exact) mass is 297 g/mol. The van der Waals surface area contributed by atoms with Gasteiger partial charge < -0.3 is 15.2 Å². The molecule has 1 aliphatic heterocycles. The van der Waals surface area contributed by atoms with Crippen LogP contribution in [0.1, 0.15) is 22.5 Å². The first-order valence-electron chi connectivity index (χ1n) is 6.95. The number of rotatable bonds is 3. The lowest BCUT2D eigenvalue weighted by molar-refractivity contribution is -0.0154. The molecule has 1 saturated heterocycles. The van der Waals surface area contributed by atoms with Crippen molar-refractivity contribution in [1.82, 2.24) is 15.2 Å². The summed E-state index contributed by atoms with van der Waals surface area (Å²) in [5.41, 5.74) is 1.64. The van der Waals surface area contributed by atoms with Crippen molar-refractivity contribution in [3.63, 3.8) is 0 Å². The highest BCUT2D eigenvalue weighted by atomic mass is 32.1. The fourth-order valence-corrected chi connectivity index (χ4v) is 3.52. The van der Waals surface area contributed by atoms with Gasteiger partial charge in [-0.05, 0) is 12.8 Å². The Morgan fingerprint density at radius 1 is 1.45 bits per heavy atom. The van der Waals surface area contributed by atoms with E-state index in [1.54, 1.807) is 11.7 Å². The van der Waals surface area contributed by atoms with Gasteiger partial charge in [-0.25, -0.2) is 0 Å². The number of carbonyl (C=O) groups is 1. The maximum Gasteiger partial charge on any atom is 0.263 e. The molecule has 2 heterocycles. The smallest absolute Gasteiger partial charge is 0.263 e. The summed E-state index contributed by atoms with van der Waals surface area (Å²) in [5, 5.41) is 13.4. The highest BCUT2D eigenvalue weighted by molar-refractivity contribution is 7.11. The maximum absolute atomic E-state index is 12.0. The Morgan fingerprint density at radius 3 is 2.95 bits per heavy atom. The number of aromatic nitrogens is 1. The number of ether oxygens (including phenoxy) is 1. The summed E-state index contributed by atoms with van der Waals surface area (Å²) in [7, 11) is 0. The van der Waals surface area contributed by atoms with Crippen molar-refractivity contribution >= 4 is 17.2 Å². The van der Waals surface area contributed by atoms with E-state index in [0.29, 0.717) is 4.88 Å². The molecule has 0 aromatic carbocycles. The van der Waals surface area contributed by atoms with Crippen LogP contribution in [0.25, 0.3) is 0 Å². The van der Waals surface area contributed by atoms with Crippen LogP contribution >= 0.6 is 11.3 Å². The minimum absolute atomic E-state index is 0.130. The van der Waals surface area contributed by atoms with Crippen LogP contribution in [-0.4, -0.2) is 65.4 Å². The molecule has 2 fully saturated rings. The van der Waals surface area contributed by atoms with Crippen molar-refractivity contribution in [2.45, 2.75) is 31.0 Å². The van der Waals surface area contributed by atoms with Crippen LogP contribution in [-0.2, 0) is 4.74 Å². The van der Waals surface area contributed by atoms with Crippen molar-refractivity contribution in [3.05, 3.63) is 16.6 Å². The van der Waals surface area contributed by atoms with Crippen molar-refractivity contribution in [2.24, 2.45) is 0 Å². The predicted molar refractivity (Wildman–Crippen MR) is 74.8 cm³/mol. The van der Waals surface area contributed by atoms with E-state index >= 15 is 0 Å². The highest BCUT2D eigenvalue weighted by Crippen LogP contribution is 2.26. The van der Waals surface area contributed by atoms with Crippen LogP contribution in [0.4, 0.5) is 0 Å². The third kappa shape index (κ3) is 2.85. The molecule has 3 atom stereocenters. The summed E-state index contributed by atoms with van der Waals surface area (Å²) in [5.74, 6) is -0.140. The van der Waals surface area contributed by atoms with Crippen molar-refractivity contribution < 1.29 is 14.6 Å². The molecule has 7 heteroatoms. The zero-order valence-corrected chi connectivity index (χ0v) is 12.0. The Kier molecular flexibility index (Phi) is 4.30. The van der Waals surface area contributed by atoms with Gasteiger partial charge in [0.25, 0.3) is 5.91 Å². The fraction of sp³-hybridized carbons (Fsp3) is 0.692. The van der Waals surface area contributed by atoms with E-state index in [2.05, 4.69) is 15.2 Å². The van der Waals surface area contributed by atoms with E-state index in [4.69, 9.17) is 4.74 Å². The Hall–Kier alpha value is -1.02. The molecule has 3 rings (SSSR count). The van der Waals surface area contributed by atoms with Gasteiger partial charge in [-0.2, -0.15) is 0 Å². The molecule has 0 bridgehead atoms. The standard InChI is InChI=1S/C13H19N3O3S/c17-12-9(15-13(18)11-7-14-8-20-11)1-2-10(12)16-3-5-19-6-4-16/h7-10,12,17H,1-6H2,(H,15,18)/t9-,10-,12-/m1/s1. The van der Waals surface area contributed by atoms with Gasteiger partial charge in [-0.3, -0.25) is 14.7 Å². The Labute approximate surface area is 121 Å². The van der Waals surface area contributed by atoms with E-state index in [1.807, 2.05) is 0 Å². The molecule has 1 aliphatic carbocycles. The quantitative estimate of drug-likeness (QED) is 0.827. The number of nitrogens with zero attached hydrogens (tertiary/aromatic N) is 2. The molecule has 1 amide bonds. The van der Waals surface area contributed by atoms with Gasteiger partial charge in [0.15, 0.2) is 0 Å². The number of nitrogens with one attached hydrogen (secondary N) is 1. The topological polar surface area (TPSA) is 74.7 Å². The first kappa shape index (κ1) is 13.9. The number of carbonyl (C=O) groups excluding carboxylic acids is 1. The van der Waals surface area contributed by atoms with Crippen molar-refractivity contribution in [1.29, 1.82) is 0 Å². The van der Waals surface area contributed by atoms with E-state index in [1.165, 1.54) is 11.3 Å². The third-order valence-corrected chi connectivity index (χ3v) is 4.84. The second-order valence-electron chi connectivity index (χ2n) is 5.23. The number of hydrogen-bond acceptors (Lipinski definition) is 6. The van der Waals surface area contributed by atoms with E-state index in [-0.39, 0.29) is 18.0 Å². The largest absolute Gasteiger partial charge is 0.389 e. The molecule has 20 heavy (non-hydrogen) atoms. The number of aliphatic hydroxyl groups excluding tert-OH is 1. The summed E-state index contributed by atoms with van der Waals surface area (Å²) < 4.78 is 5.34. The first-order valence-corrected chi connectivity index (χ1v) is 7.83. The Bertz CT molecular complexity index is 448. The second kappa shape index (κ2) is 6.17. The lowest BCUT2D eigenvalue weighted by atomic mass is 10.1. The number of thiazole rings is 1. The molecular formula is C13H19N3O3S. The normalized spacial score (nSPS) is 31.4. The van der Waals surface area contributed by atoms with Gasteiger partial charge in [0, 0.05) is 19.1 Å². The molecule has 2 aliphatic rings. The number of hydrogen-bond donors (Lipinski definition) is 2. The zero-order chi connectivity index (χ0) is 13.9. The lowest BCUT2D eigenvalue weighted by Gasteiger charge is -2.34. The Morgan fingerprint density at radius 2 is 2.25 bits per heavy atom. The molecule has 2 N–H and O–H groups in total. The van der Waals surface area contributed by atoms with Gasteiger partial charge in [0.2, 0.25) is 0 Å². The highest BCUT2D eigenvalue weighted by Gasteiger charge is 2.39. The predicted octanol–water partition coefficient (Wildman–Crippen LogP) is 0.0970. The van der Waals surface area contributed by atoms with E-state index in [0.717, 1.165) is 39.1 Å². The molecule has 6 nitrogen and oxygen atoms in total. The summed E-state index contributed by atoms with van der Waals surface area (Å²) >= 11 is 1.31. The molecule has 110 valence electrons. The average molecular weight is 297 g/mol. The average Bonchev–Trinajstić information content (AvgIpc) is 3.11. The zero-order valence-electron chi connectivity index (χ0n) is 11.2. The van der Waals surface area contributed by atoms with Crippen LogP contribution in [0.2, 0.25) is 0 Å². The molecule has 1 aromatic heterocycles. The number of morpholine rings is 1. The first-order chi connectivity index (χ1) is 9.75. The molecule has 1 aromatic rings. The summed E-state index contributed by atoms with van der Waals surface area (Å²) in [6.07, 6.45) is 2.77. The minimum atomic E-state index is -0.509. The van der Waals surface area contributed by atoms with E-state index in [9.17, 15) is 9.90 Å². The number of aliphatic hydroxyl groups is 1. The molecule has 0 radical (unpaired) electrons. The molecule has 0 spiro atoms. The third-order valence-electron chi connectivity index (χ3n) is 4.07. The van der Waals surface area contributed by atoms with Gasteiger partial charge in [0.1, 0.15) is 4.88 Å². The Balaban J connectivity index is 1.58. The van der Waals surface area contributed by atoms with Gasteiger partial charge in [-0.1, -0.05) is 0 Å². The fourth-order valence-electron chi connectivity index (χ4n) is 2.99. The maximum atomic E-state index is 12.0.